The van der Waals surface area contributed by atoms with E-state index in [4.69, 9.17) is 0 Å². The molecule has 1 saturated carbocycles. The Morgan fingerprint density at radius 1 is 1.50 bits per heavy atom. The molecule has 98 valence electrons. The smallest absolute Gasteiger partial charge is 0.256 e. The van der Waals surface area contributed by atoms with Crippen LogP contribution in [0.4, 0.5) is 4.39 Å². The third-order valence-corrected chi connectivity index (χ3v) is 4.46. The highest BCUT2D eigenvalue weighted by molar-refractivity contribution is 9.10. The van der Waals surface area contributed by atoms with Crippen LogP contribution in [-0.4, -0.2) is 29.2 Å². The average molecular weight is 379 g/mol. The van der Waals surface area contributed by atoms with E-state index in [0.29, 0.717) is 21.8 Å². The first kappa shape index (κ1) is 14.0. The van der Waals surface area contributed by atoms with Crippen LogP contribution in [0.5, 0.6) is 0 Å². The van der Waals surface area contributed by atoms with Crippen molar-refractivity contribution in [3.63, 3.8) is 0 Å². The number of benzene rings is 1. The molecule has 1 fully saturated rings. The maximum absolute atomic E-state index is 13.6. The van der Waals surface area contributed by atoms with Crippen LogP contribution in [-0.2, 0) is 0 Å². The second kappa shape index (κ2) is 5.70. The van der Waals surface area contributed by atoms with E-state index in [9.17, 15) is 9.18 Å². The Morgan fingerprint density at radius 3 is 2.78 bits per heavy atom. The highest BCUT2D eigenvalue weighted by Crippen LogP contribution is 2.33. The SMILES string of the molecule is CN(CC1CC(Br)C1)C(=O)c1cc(Br)ccc1F. The Labute approximate surface area is 123 Å². The van der Waals surface area contributed by atoms with Crippen LogP contribution in [0, 0.1) is 11.7 Å². The van der Waals surface area contributed by atoms with Crippen molar-refractivity contribution in [1.29, 1.82) is 0 Å². The van der Waals surface area contributed by atoms with Crippen molar-refractivity contribution < 1.29 is 9.18 Å². The molecule has 0 unspecified atom stereocenters. The summed E-state index contributed by atoms with van der Waals surface area (Å²) < 4.78 is 14.3. The van der Waals surface area contributed by atoms with Gasteiger partial charge in [-0.3, -0.25) is 4.79 Å². The molecule has 2 nitrogen and oxygen atoms in total. The van der Waals surface area contributed by atoms with Crippen molar-refractivity contribution in [2.24, 2.45) is 5.92 Å². The first-order valence-electron chi connectivity index (χ1n) is 5.82. The normalized spacial score (nSPS) is 22.4. The Kier molecular flexibility index (Phi) is 4.43. The predicted molar refractivity (Wildman–Crippen MR) is 76.5 cm³/mol. The van der Waals surface area contributed by atoms with Crippen LogP contribution >= 0.6 is 31.9 Å². The van der Waals surface area contributed by atoms with Gasteiger partial charge in [0.1, 0.15) is 5.82 Å². The van der Waals surface area contributed by atoms with E-state index in [1.165, 1.54) is 12.1 Å². The molecule has 0 N–H and O–H groups in total. The zero-order valence-corrected chi connectivity index (χ0v) is 13.2. The lowest BCUT2D eigenvalue weighted by molar-refractivity contribution is 0.0744. The fraction of sp³-hybridized carbons (Fsp3) is 0.462. The summed E-state index contributed by atoms with van der Waals surface area (Å²) in [5.41, 5.74) is 0.126. The molecule has 0 saturated heterocycles. The van der Waals surface area contributed by atoms with Gasteiger partial charge in [0.05, 0.1) is 5.56 Å². The summed E-state index contributed by atoms with van der Waals surface area (Å²) in [4.78, 5) is 14.3. The van der Waals surface area contributed by atoms with E-state index >= 15 is 0 Å². The Morgan fingerprint density at radius 2 is 2.17 bits per heavy atom. The van der Waals surface area contributed by atoms with Gasteiger partial charge in [-0.25, -0.2) is 4.39 Å². The van der Waals surface area contributed by atoms with Crippen molar-refractivity contribution in [1.82, 2.24) is 4.90 Å². The molecule has 1 aliphatic rings. The summed E-state index contributed by atoms with van der Waals surface area (Å²) in [7, 11) is 1.73. The van der Waals surface area contributed by atoms with E-state index < -0.39 is 5.82 Å². The number of amides is 1. The summed E-state index contributed by atoms with van der Waals surface area (Å²) in [6.07, 6.45) is 2.16. The monoisotopic (exact) mass is 377 g/mol. The summed E-state index contributed by atoms with van der Waals surface area (Å²) >= 11 is 6.78. The topological polar surface area (TPSA) is 20.3 Å². The van der Waals surface area contributed by atoms with Crippen molar-refractivity contribution in [2.75, 3.05) is 13.6 Å². The minimum Gasteiger partial charge on any atom is -0.341 e. The van der Waals surface area contributed by atoms with E-state index in [-0.39, 0.29) is 11.5 Å². The number of hydrogen-bond acceptors (Lipinski definition) is 1. The van der Waals surface area contributed by atoms with Gasteiger partial charge in [-0.1, -0.05) is 31.9 Å². The molecule has 18 heavy (non-hydrogen) atoms. The van der Waals surface area contributed by atoms with E-state index in [1.807, 2.05) is 0 Å². The maximum Gasteiger partial charge on any atom is 0.256 e. The molecule has 2 rings (SSSR count). The fourth-order valence-electron chi connectivity index (χ4n) is 2.14. The fourth-order valence-corrected chi connectivity index (χ4v) is 3.56. The standard InChI is InChI=1S/C13H14Br2FNO/c1-17(7-8-4-10(15)5-8)13(18)11-6-9(14)2-3-12(11)16/h2-3,6,8,10H,4-5,7H2,1H3. The minimum absolute atomic E-state index is 0.126. The van der Waals surface area contributed by atoms with E-state index in [0.717, 1.165) is 12.8 Å². The van der Waals surface area contributed by atoms with Crippen molar-refractivity contribution in [2.45, 2.75) is 17.7 Å². The number of carbonyl (C=O) groups is 1. The number of alkyl halides is 1. The first-order valence-corrected chi connectivity index (χ1v) is 7.53. The summed E-state index contributed by atoms with van der Waals surface area (Å²) in [5.74, 6) is -0.201. The average Bonchev–Trinajstić information content (AvgIpc) is 2.29. The highest BCUT2D eigenvalue weighted by atomic mass is 79.9. The van der Waals surface area contributed by atoms with Crippen LogP contribution in [0.25, 0.3) is 0 Å². The first-order chi connectivity index (χ1) is 8.47. The summed E-state index contributed by atoms with van der Waals surface area (Å²) in [6.45, 7) is 0.687. The van der Waals surface area contributed by atoms with Crippen LogP contribution < -0.4 is 0 Å². The van der Waals surface area contributed by atoms with E-state index in [1.54, 1.807) is 18.0 Å². The lowest BCUT2D eigenvalue weighted by Crippen LogP contribution is -2.38. The van der Waals surface area contributed by atoms with Gasteiger partial charge >= 0.3 is 0 Å². The highest BCUT2D eigenvalue weighted by Gasteiger charge is 2.29. The number of halogens is 3. The van der Waals surface area contributed by atoms with Crippen molar-refractivity contribution in [3.05, 3.63) is 34.1 Å². The van der Waals surface area contributed by atoms with Crippen molar-refractivity contribution >= 4 is 37.8 Å². The van der Waals surface area contributed by atoms with Gasteiger partial charge in [-0.2, -0.15) is 0 Å². The van der Waals surface area contributed by atoms with Gasteiger partial charge in [0.25, 0.3) is 5.91 Å². The molecule has 0 aromatic heterocycles. The van der Waals surface area contributed by atoms with Gasteiger partial charge in [0.15, 0.2) is 0 Å². The largest absolute Gasteiger partial charge is 0.341 e. The van der Waals surface area contributed by atoms with Gasteiger partial charge in [0, 0.05) is 22.9 Å². The summed E-state index contributed by atoms with van der Waals surface area (Å²) in [5, 5.41) is 0. The number of rotatable bonds is 3. The second-order valence-electron chi connectivity index (χ2n) is 4.74. The lowest BCUT2D eigenvalue weighted by Gasteiger charge is -2.34. The maximum atomic E-state index is 13.6. The summed E-state index contributed by atoms with van der Waals surface area (Å²) in [6, 6.07) is 4.43. The molecular formula is C13H14Br2FNO. The molecule has 1 aliphatic carbocycles. The molecule has 0 spiro atoms. The third-order valence-electron chi connectivity index (χ3n) is 3.22. The minimum atomic E-state index is -0.470. The number of hydrogen-bond donors (Lipinski definition) is 0. The molecule has 0 bridgehead atoms. The molecule has 0 atom stereocenters. The number of nitrogens with zero attached hydrogens (tertiary/aromatic N) is 1. The molecule has 0 heterocycles. The molecule has 0 aliphatic heterocycles. The second-order valence-corrected chi connectivity index (χ2v) is 6.96. The van der Waals surface area contributed by atoms with Gasteiger partial charge in [-0.05, 0) is 37.0 Å². The number of carbonyl (C=O) groups excluding carboxylic acids is 1. The van der Waals surface area contributed by atoms with Crippen molar-refractivity contribution in [3.8, 4) is 0 Å². The molecule has 1 amide bonds. The zero-order chi connectivity index (χ0) is 13.3. The lowest BCUT2D eigenvalue weighted by atomic mass is 9.85. The molecular weight excluding hydrogens is 365 g/mol. The van der Waals surface area contributed by atoms with Gasteiger partial charge < -0.3 is 4.90 Å². The van der Waals surface area contributed by atoms with Gasteiger partial charge in [-0.15, -0.1) is 0 Å². The Bertz CT molecular complexity index is 460. The van der Waals surface area contributed by atoms with Crippen LogP contribution in [0.2, 0.25) is 0 Å². The van der Waals surface area contributed by atoms with Gasteiger partial charge in [0.2, 0.25) is 0 Å². The van der Waals surface area contributed by atoms with Crippen LogP contribution in [0.15, 0.2) is 22.7 Å². The van der Waals surface area contributed by atoms with Crippen LogP contribution in [0.1, 0.15) is 23.2 Å². The van der Waals surface area contributed by atoms with E-state index in [2.05, 4.69) is 31.9 Å². The zero-order valence-electron chi connectivity index (χ0n) is 10.00. The Balaban J connectivity index is 2.03. The third kappa shape index (κ3) is 3.12. The molecule has 5 heteroatoms. The molecule has 0 radical (unpaired) electrons. The molecule has 1 aromatic carbocycles. The predicted octanol–water partition coefficient (Wildman–Crippen LogP) is 3.83. The molecule has 1 aromatic rings. The Hall–Kier alpha value is -0.420. The quantitative estimate of drug-likeness (QED) is 0.732. The van der Waals surface area contributed by atoms with Crippen LogP contribution in [0.3, 0.4) is 0 Å².